The molecule has 1 amide bonds. The van der Waals surface area contributed by atoms with E-state index in [-0.39, 0.29) is 0 Å². The van der Waals surface area contributed by atoms with Crippen molar-refractivity contribution in [1.82, 2.24) is 10.3 Å². The van der Waals surface area contributed by atoms with E-state index in [1.165, 1.54) is 0 Å². The van der Waals surface area contributed by atoms with Crippen molar-refractivity contribution >= 4 is 40.5 Å². The molecule has 0 aromatic carbocycles. The van der Waals surface area contributed by atoms with E-state index in [1.807, 2.05) is 6.07 Å². The molecule has 0 aliphatic carbocycles. The third-order valence-corrected chi connectivity index (χ3v) is 2.27. The maximum atomic E-state index is 11.0. The highest BCUT2D eigenvalue weighted by molar-refractivity contribution is 9.10. The first-order valence-electron chi connectivity index (χ1n) is 4.61. The minimum atomic E-state index is -0.548. The summed E-state index contributed by atoms with van der Waals surface area (Å²) in [5.41, 5.74) is -0.548. The van der Waals surface area contributed by atoms with Crippen LogP contribution in [0.1, 0.15) is 6.92 Å². The molecule has 0 radical (unpaired) electrons. The molecule has 0 saturated heterocycles. The van der Waals surface area contributed by atoms with Crippen molar-refractivity contribution in [2.75, 3.05) is 11.9 Å². The molecule has 0 saturated carbocycles. The van der Waals surface area contributed by atoms with Crippen LogP contribution in [0.25, 0.3) is 0 Å². The second-order valence-corrected chi connectivity index (χ2v) is 4.21. The molecule has 1 atom stereocenters. The number of aromatic nitrogens is 1. The van der Waals surface area contributed by atoms with Crippen LogP contribution in [0.4, 0.5) is 10.6 Å². The van der Waals surface area contributed by atoms with E-state index in [9.17, 15) is 4.79 Å². The normalized spacial score (nSPS) is 11.7. The first kappa shape index (κ1) is 13.1. The lowest BCUT2D eigenvalue weighted by atomic mass is 10.5. The summed E-state index contributed by atoms with van der Waals surface area (Å²) < 4.78 is 5.58. The monoisotopic (exact) mass is 305 g/mol. The molecule has 1 rings (SSSR count). The smallest absolute Gasteiger partial charge is 0.409 e. The van der Waals surface area contributed by atoms with Gasteiger partial charge in [0.15, 0.2) is 0 Å². The van der Waals surface area contributed by atoms with Crippen LogP contribution in [-0.2, 0) is 4.74 Å². The number of rotatable bonds is 4. The predicted octanol–water partition coefficient (Wildman–Crippen LogP) is 2.22. The SMILES string of the molecule is CCOC(=O)NC(S)Nc1ccc(Br)cn1. The topological polar surface area (TPSA) is 63.2 Å². The Morgan fingerprint density at radius 3 is 3.00 bits per heavy atom. The van der Waals surface area contributed by atoms with E-state index >= 15 is 0 Å². The van der Waals surface area contributed by atoms with Crippen LogP contribution in [-0.4, -0.2) is 23.2 Å². The van der Waals surface area contributed by atoms with Crippen LogP contribution in [0, 0.1) is 0 Å². The summed E-state index contributed by atoms with van der Waals surface area (Å²) in [7, 11) is 0. The molecule has 88 valence electrons. The Morgan fingerprint density at radius 2 is 2.44 bits per heavy atom. The summed E-state index contributed by atoms with van der Waals surface area (Å²) in [6.07, 6.45) is 1.12. The zero-order chi connectivity index (χ0) is 12.0. The largest absolute Gasteiger partial charge is 0.450 e. The van der Waals surface area contributed by atoms with Gasteiger partial charge in [-0.3, -0.25) is 5.32 Å². The molecule has 1 aromatic heterocycles. The minimum Gasteiger partial charge on any atom is -0.450 e. The first-order chi connectivity index (χ1) is 7.61. The third kappa shape index (κ3) is 4.71. The fraction of sp³-hybridized carbons (Fsp3) is 0.333. The number of carbonyl (C=O) groups excluding carboxylic acids is 1. The Hall–Kier alpha value is -0.950. The van der Waals surface area contributed by atoms with Crippen molar-refractivity contribution in [3.8, 4) is 0 Å². The number of anilines is 1. The van der Waals surface area contributed by atoms with E-state index in [4.69, 9.17) is 4.74 Å². The Labute approximate surface area is 108 Å². The number of halogens is 1. The highest BCUT2D eigenvalue weighted by Crippen LogP contribution is 2.11. The van der Waals surface area contributed by atoms with E-state index in [0.717, 1.165) is 4.47 Å². The Morgan fingerprint density at radius 1 is 1.69 bits per heavy atom. The molecule has 0 aliphatic rings. The summed E-state index contributed by atoms with van der Waals surface area (Å²) in [5.74, 6) is 0.611. The van der Waals surface area contributed by atoms with Crippen LogP contribution in [0.5, 0.6) is 0 Å². The summed E-state index contributed by atoms with van der Waals surface area (Å²) in [5, 5.41) is 5.36. The van der Waals surface area contributed by atoms with Gasteiger partial charge in [0.05, 0.1) is 6.61 Å². The average molecular weight is 306 g/mol. The van der Waals surface area contributed by atoms with Gasteiger partial charge < -0.3 is 10.1 Å². The van der Waals surface area contributed by atoms with Crippen LogP contribution in [0.15, 0.2) is 22.8 Å². The van der Waals surface area contributed by atoms with Crippen LogP contribution < -0.4 is 10.6 Å². The molecule has 0 bridgehead atoms. The summed E-state index contributed by atoms with van der Waals surface area (Å²) in [4.78, 5) is 15.1. The number of pyridine rings is 1. The second-order valence-electron chi connectivity index (χ2n) is 2.77. The lowest BCUT2D eigenvalue weighted by Gasteiger charge is -2.14. The summed E-state index contributed by atoms with van der Waals surface area (Å²) in [6, 6.07) is 3.60. The van der Waals surface area contributed by atoms with Gasteiger partial charge in [-0.05, 0) is 35.0 Å². The molecule has 0 spiro atoms. The van der Waals surface area contributed by atoms with E-state index in [0.29, 0.717) is 12.4 Å². The van der Waals surface area contributed by atoms with E-state index < -0.39 is 11.6 Å². The molecule has 7 heteroatoms. The lowest BCUT2D eigenvalue weighted by Crippen LogP contribution is -2.36. The highest BCUT2D eigenvalue weighted by atomic mass is 79.9. The number of hydrogen-bond donors (Lipinski definition) is 3. The number of nitrogens with one attached hydrogen (secondary N) is 2. The van der Waals surface area contributed by atoms with E-state index in [1.54, 1.807) is 19.2 Å². The van der Waals surface area contributed by atoms with Crippen molar-refractivity contribution in [1.29, 1.82) is 0 Å². The second kappa shape index (κ2) is 6.59. The fourth-order valence-electron chi connectivity index (χ4n) is 0.922. The standard InChI is InChI=1S/C9H12BrN3O2S/c1-2-15-9(14)13-8(16)12-7-4-3-6(10)5-11-7/h3-5,8,16H,2H2,1H3,(H,11,12)(H,13,14). The van der Waals surface area contributed by atoms with Crippen molar-refractivity contribution in [2.24, 2.45) is 0 Å². The predicted molar refractivity (Wildman–Crippen MR) is 68.5 cm³/mol. The number of ether oxygens (including phenoxy) is 1. The van der Waals surface area contributed by atoms with Gasteiger partial charge >= 0.3 is 6.09 Å². The van der Waals surface area contributed by atoms with Crippen LogP contribution in [0.2, 0.25) is 0 Å². The maximum absolute atomic E-state index is 11.0. The Bertz CT molecular complexity index is 347. The van der Waals surface area contributed by atoms with Gasteiger partial charge in [-0.2, -0.15) is 0 Å². The van der Waals surface area contributed by atoms with Gasteiger partial charge in [0.2, 0.25) is 0 Å². The number of amides is 1. The molecule has 0 fully saturated rings. The fourth-order valence-corrected chi connectivity index (χ4v) is 1.39. The number of hydrogen-bond acceptors (Lipinski definition) is 5. The van der Waals surface area contributed by atoms with Gasteiger partial charge in [-0.1, -0.05) is 0 Å². The summed E-state index contributed by atoms with van der Waals surface area (Å²) >= 11 is 7.40. The highest BCUT2D eigenvalue weighted by Gasteiger charge is 2.07. The third-order valence-electron chi connectivity index (χ3n) is 1.54. The molecule has 1 unspecified atom stereocenters. The van der Waals surface area contributed by atoms with Gasteiger partial charge in [0, 0.05) is 10.7 Å². The maximum Gasteiger partial charge on any atom is 0.409 e. The van der Waals surface area contributed by atoms with Crippen molar-refractivity contribution in [3.05, 3.63) is 22.8 Å². The molecular weight excluding hydrogens is 294 g/mol. The molecule has 1 heterocycles. The van der Waals surface area contributed by atoms with Crippen molar-refractivity contribution < 1.29 is 9.53 Å². The van der Waals surface area contributed by atoms with Crippen molar-refractivity contribution in [2.45, 2.75) is 12.4 Å². The average Bonchev–Trinajstić information content (AvgIpc) is 2.21. The quantitative estimate of drug-likeness (QED) is 0.589. The molecule has 5 nitrogen and oxygen atoms in total. The van der Waals surface area contributed by atoms with Crippen LogP contribution >= 0.6 is 28.6 Å². The van der Waals surface area contributed by atoms with Crippen molar-refractivity contribution in [3.63, 3.8) is 0 Å². The number of nitrogens with zero attached hydrogens (tertiary/aromatic N) is 1. The number of carbonyl (C=O) groups is 1. The van der Waals surface area contributed by atoms with Gasteiger partial charge in [0.1, 0.15) is 11.3 Å². The zero-order valence-electron chi connectivity index (χ0n) is 8.61. The molecule has 2 N–H and O–H groups in total. The number of thiol groups is 1. The summed E-state index contributed by atoms with van der Waals surface area (Å²) in [6.45, 7) is 2.06. The molecular formula is C9H12BrN3O2S. The minimum absolute atomic E-state index is 0.322. The first-order valence-corrected chi connectivity index (χ1v) is 5.92. The Kier molecular flexibility index (Phi) is 5.41. The van der Waals surface area contributed by atoms with Crippen LogP contribution in [0.3, 0.4) is 0 Å². The van der Waals surface area contributed by atoms with Gasteiger partial charge in [0.25, 0.3) is 0 Å². The zero-order valence-corrected chi connectivity index (χ0v) is 11.1. The van der Waals surface area contributed by atoms with E-state index in [2.05, 4.69) is 44.2 Å². The molecule has 0 aliphatic heterocycles. The Balaban J connectivity index is 2.42. The lowest BCUT2D eigenvalue weighted by molar-refractivity contribution is 0.152. The van der Waals surface area contributed by atoms with Gasteiger partial charge in [-0.15, -0.1) is 12.6 Å². The molecule has 16 heavy (non-hydrogen) atoms. The number of alkyl carbamates (subject to hydrolysis) is 1. The van der Waals surface area contributed by atoms with Gasteiger partial charge in [-0.25, -0.2) is 9.78 Å². The molecule has 1 aromatic rings.